The zero-order valence-electron chi connectivity index (χ0n) is 13.7. The number of pyridine rings is 1. The maximum absolute atomic E-state index is 12.2. The van der Waals surface area contributed by atoms with Crippen LogP contribution in [0.2, 0.25) is 0 Å². The van der Waals surface area contributed by atoms with Crippen molar-refractivity contribution in [3.8, 4) is 0 Å². The smallest absolute Gasteiger partial charge is 0.328 e. The van der Waals surface area contributed by atoms with E-state index in [9.17, 15) is 9.59 Å². The first-order valence-electron chi connectivity index (χ1n) is 7.50. The third-order valence-corrected chi connectivity index (χ3v) is 3.42. The molecule has 8 heteroatoms. The Bertz CT molecular complexity index is 645. The van der Waals surface area contributed by atoms with Crippen molar-refractivity contribution in [3.05, 3.63) is 48.3 Å². The van der Waals surface area contributed by atoms with Crippen molar-refractivity contribution in [3.63, 3.8) is 0 Å². The lowest BCUT2D eigenvalue weighted by atomic mass is 10.1. The van der Waals surface area contributed by atoms with Gasteiger partial charge in [-0.3, -0.25) is 14.7 Å². The number of carbonyl (C=O) groups is 2. The summed E-state index contributed by atoms with van der Waals surface area (Å²) in [5.41, 5.74) is 1.80. The van der Waals surface area contributed by atoms with Gasteiger partial charge in [-0.2, -0.15) is 0 Å². The molecule has 1 atom stereocenters. The minimum Gasteiger partial charge on any atom is -0.467 e. The third-order valence-electron chi connectivity index (χ3n) is 3.42. The van der Waals surface area contributed by atoms with Crippen molar-refractivity contribution in [2.24, 2.45) is 0 Å². The summed E-state index contributed by atoms with van der Waals surface area (Å²) in [5, 5.41) is 2.71. The van der Waals surface area contributed by atoms with Gasteiger partial charge in [0.2, 0.25) is 5.91 Å². The molecule has 0 radical (unpaired) electrons. The molecule has 0 fully saturated rings. The maximum Gasteiger partial charge on any atom is 0.328 e. The highest BCUT2D eigenvalue weighted by molar-refractivity contribution is 5.85. The normalized spacial score (nSPS) is 12.0. The number of imidazole rings is 1. The van der Waals surface area contributed by atoms with E-state index in [0.717, 1.165) is 11.3 Å². The molecule has 2 rings (SSSR count). The summed E-state index contributed by atoms with van der Waals surface area (Å²) in [7, 11) is 3.13. The van der Waals surface area contributed by atoms with Crippen molar-refractivity contribution < 1.29 is 14.3 Å². The number of amides is 1. The second kappa shape index (κ2) is 8.78. The molecular formula is C16H21N5O3. The first kappa shape index (κ1) is 17.6. The van der Waals surface area contributed by atoms with Gasteiger partial charge < -0.3 is 15.0 Å². The number of likely N-dealkylation sites (N-methyl/N-ethyl adjacent to an activating group) is 1. The molecule has 1 amide bonds. The fourth-order valence-electron chi connectivity index (χ4n) is 2.29. The summed E-state index contributed by atoms with van der Waals surface area (Å²) in [4.78, 5) is 36.7. The van der Waals surface area contributed by atoms with Gasteiger partial charge in [-0.1, -0.05) is 0 Å². The molecule has 2 aromatic rings. The summed E-state index contributed by atoms with van der Waals surface area (Å²) >= 11 is 0. The molecule has 0 aromatic carbocycles. The van der Waals surface area contributed by atoms with Crippen LogP contribution in [0.1, 0.15) is 11.3 Å². The van der Waals surface area contributed by atoms with Gasteiger partial charge in [-0.15, -0.1) is 0 Å². The van der Waals surface area contributed by atoms with E-state index < -0.39 is 12.0 Å². The quantitative estimate of drug-likeness (QED) is 0.667. The summed E-state index contributed by atoms with van der Waals surface area (Å²) in [5.74, 6) is -0.740. The lowest BCUT2D eigenvalue weighted by Gasteiger charge is -2.19. The summed E-state index contributed by atoms with van der Waals surface area (Å²) < 4.78 is 4.75. The second-order valence-electron chi connectivity index (χ2n) is 5.45. The molecule has 0 saturated carbocycles. The fraction of sp³-hybridized carbons (Fsp3) is 0.375. The molecule has 2 aromatic heterocycles. The van der Waals surface area contributed by atoms with Crippen LogP contribution >= 0.6 is 0 Å². The third kappa shape index (κ3) is 5.47. The zero-order chi connectivity index (χ0) is 17.4. The maximum atomic E-state index is 12.2. The molecule has 0 aliphatic carbocycles. The number of methoxy groups -OCH3 is 1. The van der Waals surface area contributed by atoms with Gasteiger partial charge >= 0.3 is 5.97 Å². The van der Waals surface area contributed by atoms with Crippen LogP contribution in [0, 0.1) is 0 Å². The van der Waals surface area contributed by atoms with Crippen molar-refractivity contribution in [2.45, 2.75) is 19.0 Å². The molecule has 0 aliphatic rings. The predicted molar refractivity (Wildman–Crippen MR) is 86.8 cm³/mol. The molecule has 2 heterocycles. The lowest BCUT2D eigenvalue weighted by Crippen LogP contribution is -2.46. The molecule has 24 heavy (non-hydrogen) atoms. The largest absolute Gasteiger partial charge is 0.467 e. The topological polar surface area (TPSA) is 100 Å². The van der Waals surface area contributed by atoms with Crippen LogP contribution in [0.25, 0.3) is 0 Å². The number of rotatable bonds is 8. The molecule has 2 N–H and O–H groups in total. The Morgan fingerprint density at radius 2 is 2.08 bits per heavy atom. The van der Waals surface area contributed by atoms with Gasteiger partial charge in [0.05, 0.1) is 20.0 Å². The first-order chi connectivity index (χ1) is 11.6. The number of hydrogen-bond acceptors (Lipinski definition) is 6. The number of esters is 1. The molecule has 0 saturated heterocycles. The van der Waals surface area contributed by atoms with Gasteiger partial charge in [0.25, 0.3) is 0 Å². The summed E-state index contributed by atoms with van der Waals surface area (Å²) in [6.45, 7) is 0.776. The van der Waals surface area contributed by atoms with Crippen LogP contribution in [0.3, 0.4) is 0 Å². The molecule has 1 unspecified atom stereocenters. The average Bonchev–Trinajstić information content (AvgIpc) is 3.07. The fourth-order valence-corrected chi connectivity index (χ4v) is 2.29. The number of aromatic nitrogens is 3. The SMILES string of the molecule is COC(=O)C(Cc1cnc[nH]1)NC(=O)CN(C)Cc1ccncc1. The Morgan fingerprint density at radius 3 is 2.71 bits per heavy atom. The van der Waals surface area contributed by atoms with Gasteiger partial charge in [0, 0.05) is 37.3 Å². The minimum atomic E-state index is -0.753. The Labute approximate surface area is 140 Å². The van der Waals surface area contributed by atoms with E-state index in [1.807, 2.05) is 24.1 Å². The lowest BCUT2D eigenvalue weighted by molar-refractivity contribution is -0.145. The van der Waals surface area contributed by atoms with Crippen LogP contribution in [0.4, 0.5) is 0 Å². The standard InChI is InChI=1S/C16H21N5O3/c1-21(9-12-3-5-17-6-4-12)10-15(22)20-14(16(23)24-2)7-13-8-18-11-19-13/h3-6,8,11,14H,7,9-10H2,1-2H3,(H,18,19)(H,20,22). The highest BCUT2D eigenvalue weighted by Gasteiger charge is 2.23. The van der Waals surface area contributed by atoms with Crippen LogP contribution < -0.4 is 5.32 Å². The van der Waals surface area contributed by atoms with Crippen molar-refractivity contribution in [1.82, 2.24) is 25.2 Å². The minimum absolute atomic E-state index is 0.165. The van der Waals surface area contributed by atoms with E-state index in [-0.39, 0.29) is 12.5 Å². The van der Waals surface area contributed by atoms with Crippen LogP contribution in [-0.4, -0.2) is 58.5 Å². The number of nitrogens with one attached hydrogen (secondary N) is 2. The highest BCUT2D eigenvalue weighted by atomic mass is 16.5. The Balaban J connectivity index is 1.88. The number of hydrogen-bond donors (Lipinski definition) is 2. The first-order valence-corrected chi connectivity index (χ1v) is 7.50. The number of nitrogens with zero attached hydrogens (tertiary/aromatic N) is 3. The molecule has 0 bridgehead atoms. The van der Waals surface area contributed by atoms with E-state index in [0.29, 0.717) is 13.0 Å². The van der Waals surface area contributed by atoms with E-state index >= 15 is 0 Å². The van der Waals surface area contributed by atoms with Gasteiger partial charge in [0.1, 0.15) is 6.04 Å². The predicted octanol–water partition coefficient (Wildman–Crippen LogP) is 0.137. The molecule has 8 nitrogen and oxygen atoms in total. The monoisotopic (exact) mass is 331 g/mol. The van der Waals surface area contributed by atoms with E-state index in [4.69, 9.17) is 4.74 Å². The van der Waals surface area contributed by atoms with Gasteiger partial charge in [-0.25, -0.2) is 9.78 Å². The van der Waals surface area contributed by atoms with Crippen LogP contribution in [0.15, 0.2) is 37.1 Å². The average molecular weight is 331 g/mol. The second-order valence-corrected chi connectivity index (χ2v) is 5.45. The van der Waals surface area contributed by atoms with Gasteiger partial charge in [0.15, 0.2) is 0 Å². The zero-order valence-corrected chi connectivity index (χ0v) is 13.7. The van der Waals surface area contributed by atoms with E-state index in [1.54, 1.807) is 18.6 Å². The Hall–Kier alpha value is -2.74. The van der Waals surface area contributed by atoms with E-state index in [1.165, 1.54) is 13.4 Å². The number of aromatic amines is 1. The number of ether oxygens (including phenoxy) is 1. The van der Waals surface area contributed by atoms with Crippen molar-refractivity contribution in [2.75, 3.05) is 20.7 Å². The van der Waals surface area contributed by atoms with E-state index in [2.05, 4.69) is 20.3 Å². The summed E-state index contributed by atoms with van der Waals surface area (Å²) in [6.07, 6.45) is 6.85. The number of carbonyl (C=O) groups excluding carboxylic acids is 2. The van der Waals surface area contributed by atoms with Crippen molar-refractivity contribution in [1.29, 1.82) is 0 Å². The molecular weight excluding hydrogens is 310 g/mol. The highest BCUT2D eigenvalue weighted by Crippen LogP contribution is 2.03. The van der Waals surface area contributed by atoms with Crippen molar-refractivity contribution >= 4 is 11.9 Å². The number of H-pyrrole nitrogens is 1. The molecule has 128 valence electrons. The Morgan fingerprint density at radius 1 is 1.33 bits per heavy atom. The Kier molecular flexibility index (Phi) is 6.44. The van der Waals surface area contributed by atoms with Gasteiger partial charge in [-0.05, 0) is 24.7 Å². The van der Waals surface area contributed by atoms with Crippen LogP contribution in [-0.2, 0) is 27.3 Å². The summed E-state index contributed by atoms with van der Waals surface area (Å²) in [6, 6.07) is 3.03. The molecule has 0 spiro atoms. The molecule has 0 aliphatic heterocycles. The van der Waals surface area contributed by atoms with Crippen LogP contribution in [0.5, 0.6) is 0 Å².